The number of rotatable bonds is 2. The summed E-state index contributed by atoms with van der Waals surface area (Å²) < 4.78 is 49.1. The van der Waals surface area contributed by atoms with Gasteiger partial charge in [-0.25, -0.2) is 13.2 Å². The average Bonchev–Trinajstić information content (AvgIpc) is 2.27. The zero-order valence-corrected chi connectivity index (χ0v) is 8.95. The van der Waals surface area contributed by atoms with E-state index in [-0.39, 0.29) is 11.0 Å². The van der Waals surface area contributed by atoms with Crippen LogP contribution in [0, 0.1) is 0 Å². The summed E-state index contributed by atoms with van der Waals surface area (Å²) in [5, 5.41) is 0.243. The van der Waals surface area contributed by atoms with Crippen LogP contribution in [0.1, 0.15) is 0 Å². The van der Waals surface area contributed by atoms with Crippen LogP contribution in [0.3, 0.4) is 0 Å². The molecule has 0 unspecified atom stereocenters. The highest BCUT2D eigenvalue weighted by Gasteiger charge is 2.29. The molecule has 0 saturated carbocycles. The van der Waals surface area contributed by atoms with Gasteiger partial charge in [-0.1, -0.05) is 27.2 Å². The molecule has 1 aromatic heterocycles. The van der Waals surface area contributed by atoms with Crippen molar-refractivity contribution in [1.82, 2.24) is 4.75 Å². The van der Waals surface area contributed by atoms with Gasteiger partial charge in [-0.2, -0.15) is 0 Å². The highest BCUT2D eigenvalue weighted by Crippen LogP contribution is 2.18. The first-order valence-corrected chi connectivity index (χ1v) is 5.77. The number of hydrogen-bond donors (Lipinski definition) is 0. The lowest BCUT2D eigenvalue weighted by atomic mass is 10.2. The molecule has 0 radical (unpaired) electrons. The van der Waals surface area contributed by atoms with E-state index in [1.54, 1.807) is 12.1 Å². The Morgan fingerprint density at radius 1 is 1.18 bits per heavy atom. The number of fused-ring (bicyclic) bond motifs is 1. The second-order valence-corrected chi connectivity index (χ2v) is 4.78. The van der Waals surface area contributed by atoms with Crippen molar-refractivity contribution in [1.29, 1.82) is 0 Å². The van der Waals surface area contributed by atoms with Crippen molar-refractivity contribution in [2.45, 2.75) is 4.90 Å². The van der Waals surface area contributed by atoms with E-state index in [1.807, 2.05) is 0 Å². The molecule has 0 fully saturated rings. The Bertz CT molecular complexity index is 723. The highest BCUT2D eigenvalue weighted by atomic mass is 32.2. The summed E-state index contributed by atoms with van der Waals surface area (Å²) in [5.41, 5.74) is -1.20. The molecular formula is C9H5F2NO4S. The van der Waals surface area contributed by atoms with Gasteiger partial charge >= 0.3 is 15.6 Å². The molecule has 0 spiro atoms. The molecule has 5 nitrogen and oxygen atoms in total. The minimum atomic E-state index is -5.11. The van der Waals surface area contributed by atoms with Crippen LogP contribution in [0.15, 0.2) is 44.4 Å². The minimum absolute atomic E-state index is 0.126. The van der Waals surface area contributed by atoms with Crippen molar-refractivity contribution in [3.8, 4) is 0 Å². The molecule has 0 aliphatic rings. The van der Waals surface area contributed by atoms with Crippen molar-refractivity contribution in [3.05, 3.63) is 40.8 Å². The summed E-state index contributed by atoms with van der Waals surface area (Å²) in [6.45, 7) is 0. The number of hydrogen-bond acceptors (Lipinski definition) is 4. The Morgan fingerprint density at radius 3 is 2.47 bits per heavy atom. The maximum Gasteiger partial charge on any atom is 0.356 e. The van der Waals surface area contributed by atoms with Crippen molar-refractivity contribution < 1.29 is 21.8 Å². The van der Waals surface area contributed by atoms with Crippen molar-refractivity contribution >= 4 is 21.0 Å². The van der Waals surface area contributed by atoms with Crippen LogP contribution in [-0.2, 0) is 10.0 Å². The summed E-state index contributed by atoms with van der Waals surface area (Å²) in [5.74, 6) is 0. The Morgan fingerprint density at radius 2 is 1.82 bits per heavy atom. The molecule has 17 heavy (non-hydrogen) atoms. The Hall–Kier alpha value is -1.80. The third-order valence-corrected chi connectivity index (χ3v) is 3.27. The molecule has 1 aromatic carbocycles. The Kier molecular flexibility index (Phi) is 2.68. The van der Waals surface area contributed by atoms with Crippen LogP contribution in [-0.4, -0.2) is 13.2 Å². The maximum atomic E-state index is 12.1. The molecule has 2 rings (SSSR count). The van der Waals surface area contributed by atoms with E-state index in [9.17, 15) is 22.2 Å². The van der Waals surface area contributed by atoms with Gasteiger partial charge in [0.1, 0.15) is 10.3 Å². The van der Waals surface area contributed by atoms with Crippen LogP contribution in [0.4, 0.5) is 8.96 Å². The first-order chi connectivity index (χ1) is 7.93. The van der Waals surface area contributed by atoms with Gasteiger partial charge < -0.3 is 4.42 Å². The molecule has 0 saturated heterocycles. The lowest BCUT2D eigenvalue weighted by Crippen LogP contribution is -2.21. The SMILES string of the molecule is O=c1oc2ccccc2cc1S(=O)(=O)N(F)F. The summed E-state index contributed by atoms with van der Waals surface area (Å²) in [6.07, 6.45) is 0. The number of benzene rings is 1. The summed E-state index contributed by atoms with van der Waals surface area (Å²) >= 11 is 0. The zero-order chi connectivity index (χ0) is 12.6. The van der Waals surface area contributed by atoms with E-state index >= 15 is 0 Å². The lowest BCUT2D eigenvalue weighted by molar-refractivity contribution is -0.0540. The van der Waals surface area contributed by atoms with Crippen LogP contribution in [0.5, 0.6) is 0 Å². The van der Waals surface area contributed by atoms with Gasteiger partial charge in [0.15, 0.2) is 4.90 Å². The van der Waals surface area contributed by atoms with Crippen LogP contribution in [0.25, 0.3) is 11.0 Å². The maximum absolute atomic E-state index is 12.1. The van der Waals surface area contributed by atoms with Gasteiger partial charge in [0.25, 0.3) is 0 Å². The van der Waals surface area contributed by atoms with Gasteiger partial charge in [0.05, 0.1) is 0 Å². The average molecular weight is 261 g/mol. The second-order valence-electron chi connectivity index (χ2n) is 3.11. The molecule has 90 valence electrons. The normalized spacial score (nSPS) is 12.2. The van der Waals surface area contributed by atoms with Gasteiger partial charge in [-0.3, -0.25) is 0 Å². The molecule has 2 aromatic rings. The molecule has 1 heterocycles. The van der Waals surface area contributed by atoms with E-state index in [0.717, 1.165) is 6.07 Å². The first-order valence-electron chi connectivity index (χ1n) is 4.33. The molecule has 0 amide bonds. The first kappa shape index (κ1) is 11.7. The van der Waals surface area contributed by atoms with E-state index in [0.29, 0.717) is 0 Å². The van der Waals surface area contributed by atoms with Crippen LogP contribution < -0.4 is 5.63 Å². The minimum Gasteiger partial charge on any atom is -0.422 e. The predicted octanol–water partition coefficient (Wildman–Crippen LogP) is 1.55. The number of nitrogens with zero attached hydrogens (tertiary/aromatic N) is 1. The zero-order valence-electron chi connectivity index (χ0n) is 8.13. The molecule has 0 aliphatic heterocycles. The van der Waals surface area contributed by atoms with Crippen LogP contribution >= 0.6 is 0 Å². The summed E-state index contributed by atoms with van der Waals surface area (Å²) in [6, 6.07) is 6.84. The van der Waals surface area contributed by atoms with E-state index in [1.165, 1.54) is 12.1 Å². The van der Waals surface area contributed by atoms with E-state index < -0.39 is 25.3 Å². The fourth-order valence-corrected chi connectivity index (χ4v) is 1.97. The Labute approximate surface area is 93.8 Å². The molecule has 8 heteroatoms. The predicted molar refractivity (Wildman–Crippen MR) is 53.7 cm³/mol. The molecule has 0 N–H and O–H groups in total. The largest absolute Gasteiger partial charge is 0.422 e. The van der Waals surface area contributed by atoms with Gasteiger partial charge in [-0.15, -0.1) is 0 Å². The topological polar surface area (TPSA) is 67.6 Å². The fraction of sp³-hybridized carbons (Fsp3) is 0. The van der Waals surface area contributed by atoms with Crippen molar-refractivity contribution in [3.63, 3.8) is 0 Å². The monoisotopic (exact) mass is 261 g/mol. The molecule has 0 atom stereocenters. The fourth-order valence-electron chi connectivity index (χ4n) is 1.30. The van der Waals surface area contributed by atoms with Gasteiger partial charge in [0.2, 0.25) is 0 Å². The van der Waals surface area contributed by atoms with Crippen LogP contribution in [0.2, 0.25) is 0 Å². The molecule has 0 bridgehead atoms. The standard InChI is InChI=1S/C9H5F2NO4S/c10-12(11)17(14,15)8-5-6-3-1-2-4-7(6)16-9(8)13/h1-5H. The number of para-hydroxylation sites is 1. The summed E-state index contributed by atoms with van der Waals surface area (Å²) in [7, 11) is -5.11. The second kappa shape index (κ2) is 3.90. The highest BCUT2D eigenvalue weighted by molar-refractivity contribution is 7.88. The van der Waals surface area contributed by atoms with E-state index in [4.69, 9.17) is 0 Å². The van der Waals surface area contributed by atoms with Gasteiger partial charge in [-0.05, 0) is 12.1 Å². The van der Waals surface area contributed by atoms with Gasteiger partial charge in [0, 0.05) is 5.39 Å². The van der Waals surface area contributed by atoms with E-state index in [2.05, 4.69) is 4.42 Å². The third kappa shape index (κ3) is 1.92. The lowest BCUT2D eigenvalue weighted by Gasteiger charge is -2.03. The number of sulfonamides is 1. The molecular weight excluding hydrogens is 256 g/mol. The Balaban J connectivity index is 2.81. The summed E-state index contributed by atoms with van der Waals surface area (Å²) in [4.78, 5) is 10.2. The van der Waals surface area contributed by atoms with Crippen molar-refractivity contribution in [2.75, 3.05) is 0 Å². The molecule has 0 aliphatic carbocycles. The third-order valence-electron chi connectivity index (χ3n) is 2.07. The smallest absolute Gasteiger partial charge is 0.356 e. The quantitative estimate of drug-likeness (QED) is 0.607. The number of halogens is 2. The van der Waals surface area contributed by atoms with Crippen molar-refractivity contribution in [2.24, 2.45) is 0 Å².